The third-order valence-corrected chi connectivity index (χ3v) is 4.14. The molecule has 0 aliphatic heterocycles. The van der Waals surface area contributed by atoms with Crippen LogP contribution in [-0.2, 0) is 19.1 Å². The molecule has 0 N–H and O–H groups in total. The van der Waals surface area contributed by atoms with E-state index in [-0.39, 0.29) is 42.0 Å². The van der Waals surface area contributed by atoms with Gasteiger partial charge in [0.25, 0.3) is 0 Å². The molecule has 0 amide bonds. The van der Waals surface area contributed by atoms with E-state index in [0.29, 0.717) is 19.6 Å². The van der Waals surface area contributed by atoms with Crippen LogP contribution in [0.5, 0.6) is 0 Å². The van der Waals surface area contributed by atoms with Crippen molar-refractivity contribution in [2.24, 2.45) is 17.8 Å². The van der Waals surface area contributed by atoms with Gasteiger partial charge in [-0.05, 0) is 23.8 Å². The van der Waals surface area contributed by atoms with Crippen LogP contribution >= 0.6 is 0 Å². The molecule has 0 saturated carbocycles. The second kappa shape index (κ2) is 11.7. The van der Waals surface area contributed by atoms with E-state index in [1.807, 2.05) is 65.0 Å². The normalized spacial score (nSPS) is 13.5. The molecule has 0 heterocycles. The summed E-state index contributed by atoms with van der Waals surface area (Å²) in [5.41, 5.74) is 0.981. The highest BCUT2D eigenvalue weighted by molar-refractivity contribution is 5.77. The Kier molecular flexibility index (Phi) is 10.0. The Balaban J connectivity index is 2.98. The maximum absolute atomic E-state index is 12.7. The molecule has 4 nitrogen and oxygen atoms in total. The number of hydrogen-bond donors (Lipinski definition) is 0. The monoisotopic (exact) mass is 362 g/mol. The number of rotatable bonds is 11. The topological polar surface area (TPSA) is 52.6 Å². The van der Waals surface area contributed by atoms with Gasteiger partial charge in [-0.2, -0.15) is 0 Å². The minimum absolute atomic E-state index is 0.193. The van der Waals surface area contributed by atoms with Crippen LogP contribution in [0.25, 0.3) is 0 Å². The molecule has 2 atom stereocenters. The van der Waals surface area contributed by atoms with Crippen molar-refractivity contribution < 1.29 is 19.1 Å². The lowest BCUT2D eigenvalue weighted by molar-refractivity contribution is -0.152. The van der Waals surface area contributed by atoms with E-state index in [4.69, 9.17) is 9.47 Å². The van der Waals surface area contributed by atoms with Crippen LogP contribution in [0.1, 0.15) is 65.4 Å². The van der Waals surface area contributed by atoms with Crippen LogP contribution in [0, 0.1) is 17.8 Å². The lowest BCUT2D eigenvalue weighted by atomic mass is 9.81. The van der Waals surface area contributed by atoms with Crippen molar-refractivity contribution in [2.45, 2.75) is 59.8 Å². The van der Waals surface area contributed by atoms with E-state index in [2.05, 4.69) is 0 Å². The van der Waals surface area contributed by atoms with Gasteiger partial charge in [0.15, 0.2) is 0 Å². The SMILES string of the molecule is CCCC(C(=O)OCC(C)C)C(CC(=O)OCC(C)C)c1ccccc1. The van der Waals surface area contributed by atoms with Crippen LogP contribution in [-0.4, -0.2) is 25.2 Å². The molecule has 2 unspecified atom stereocenters. The van der Waals surface area contributed by atoms with Crippen LogP contribution in [0.3, 0.4) is 0 Å². The number of carbonyl (C=O) groups is 2. The van der Waals surface area contributed by atoms with Gasteiger partial charge >= 0.3 is 11.9 Å². The van der Waals surface area contributed by atoms with Gasteiger partial charge in [0, 0.05) is 5.92 Å². The summed E-state index contributed by atoms with van der Waals surface area (Å²) in [5, 5.41) is 0. The van der Waals surface area contributed by atoms with Gasteiger partial charge in [-0.3, -0.25) is 9.59 Å². The molecular weight excluding hydrogens is 328 g/mol. The minimum atomic E-state index is -0.340. The first-order chi connectivity index (χ1) is 12.3. The fourth-order valence-corrected chi connectivity index (χ4v) is 2.84. The molecule has 0 aliphatic carbocycles. The van der Waals surface area contributed by atoms with Gasteiger partial charge in [-0.1, -0.05) is 71.4 Å². The maximum Gasteiger partial charge on any atom is 0.309 e. The lowest BCUT2D eigenvalue weighted by Crippen LogP contribution is -2.28. The van der Waals surface area contributed by atoms with E-state index >= 15 is 0 Å². The molecule has 0 aliphatic rings. The molecule has 0 radical (unpaired) electrons. The highest BCUT2D eigenvalue weighted by atomic mass is 16.5. The smallest absolute Gasteiger partial charge is 0.309 e. The largest absolute Gasteiger partial charge is 0.465 e. The van der Waals surface area contributed by atoms with Crippen molar-refractivity contribution in [2.75, 3.05) is 13.2 Å². The molecule has 146 valence electrons. The predicted molar refractivity (Wildman–Crippen MR) is 104 cm³/mol. The predicted octanol–water partition coefficient (Wildman–Crippen LogP) is 4.98. The quantitative estimate of drug-likeness (QED) is 0.521. The summed E-state index contributed by atoms with van der Waals surface area (Å²) in [5.74, 6) is -0.469. The van der Waals surface area contributed by atoms with Gasteiger partial charge in [-0.15, -0.1) is 0 Å². The zero-order valence-corrected chi connectivity index (χ0v) is 16.9. The van der Waals surface area contributed by atoms with E-state index in [9.17, 15) is 9.59 Å². The summed E-state index contributed by atoms with van der Waals surface area (Å²) in [6.07, 6.45) is 1.73. The Morgan fingerprint density at radius 1 is 0.923 bits per heavy atom. The fraction of sp³-hybridized carbons (Fsp3) is 0.636. The van der Waals surface area contributed by atoms with E-state index in [0.717, 1.165) is 12.0 Å². The minimum Gasteiger partial charge on any atom is -0.465 e. The van der Waals surface area contributed by atoms with Gasteiger partial charge < -0.3 is 9.47 Å². The highest BCUT2D eigenvalue weighted by Gasteiger charge is 2.32. The van der Waals surface area contributed by atoms with E-state index < -0.39 is 0 Å². The Morgan fingerprint density at radius 3 is 2.04 bits per heavy atom. The van der Waals surface area contributed by atoms with Gasteiger partial charge in [0.1, 0.15) is 0 Å². The van der Waals surface area contributed by atoms with Crippen LogP contribution in [0.15, 0.2) is 30.3 Å². The molecule has 26 heavy (non-hydrogen) atoms. The molecule has 0 spiro atoms. The van der Waals surface area contributed by atoms with Crippen molar-refractivity contribution >= 4 is 11.9 Å². The van der Waals surface area contributed by atoms with Crippen LogP contribution < -0.4 is 0 Å². The Bertz CT molecular complexity index is 536. The molecule has 1 rings (SSSR count). The second-order valence-electron chi connectivity index (χ2n) is 7.72. The summed E-state index contributed by atoms with van der Waals surface area (Å²) in [6, 6.07) is 9.75. The number of benzene rings is 1. The summed E-state index contributed by atoms with van der Waals surface area (Å²) < 4.78 is 10.9. The van der Waals surface area contributed by atoms with Crippen LogP contribution in [0.4, 0.5) is 0 Å². The summed E-state index contributed by atoms with van der Waals surface area (Å²) >= 11 is 0. The van der Waals surface area contributed by atoms with Crippen molar-refractivity contribution in [3.63, 3.8) is 0 Å². The van der Waals surface area contributed by atoms with Crippen molar-refractivity contribution in [1.82, 2.24) is 0 Å². The highest BCUT2D eigenvalue weighted by Crippen LogP contribution is 2.33. The zero-order valence-electron chi connectivity index (χ0n) is 16.9. The van der Waals surface area contributed by atoms with Gasteiger partial charge in [0.2, 0.25) is 0 Å². The third kappa shape index (κ3) is 8.03. The molecule has 0 saturated heterocycles. The molecule has 4 heteroatoms. The molecule has 1 aromatic rings. The van der Waals surface area contributed by atoms with E-state index in [1.165, 1.54) is 0 Å². The molecular formula is C22H34O4. The first-order valence-electron chi connectivity index (χ1n) is 9.72. The van der Waals surface area contributed by atoms with Crippen molar-refractivity contribution in [3.8, 4) is 0 Å². The standard InChI is InChI=1S/C22H34O4/c1-6-10-19(22(24)26-15-17(4)5)20(18-11-8-7-9-12-18)13-21(23)25-14-16(2)3/h7-9,11-12,16-17,19-20H,6,10,13-15H2,1-5H3. The first kappa shape index (κ1) is 22.2. The molecule has 1 aromatic carbocycles. The Labute approximate surface area is 158 Å². The zero-order chi connectivity index (χ0) is 19.5. The number of ether oxygens (including phenoxy) is 2. The summed E-state index contributed by atoms with van der Waals surface area (Å²) in [7, 11) is 0. The first-order valence-corrected chi connectivity index (χ1v) is 9.72. The number of hydrogen-bond acceptors (Lipinski definition) is 4. The molecule has 0 aromatic heterocycles. The fourth-order valence-electron chi connectivity index (χ4n) is 2.84. The summed E-state index contributed by atoms with van der Waals surface area (Å²) in [6.45, 7) is 10.9. The van der Waals surface area contributed by atoms with E-state index in [1.54, 1.807) is 0 Å². The lowest BCUT2D eigenvalue weighted by Gasteiger charge is -2.26. The Morgan fingerprint density at radius 2 is 1.50 bits per heavy atom. The molecule has 0 fully saturated rings. The third-order valence-electron chi connectivity index (χ3n) is 4.14. The van der Waals surface area contributed by atoms with Crippen molar-refractivity contribution in [1.29, 1.82) is 0 Å². The Hall–Kier alpha value is -1.84. The number of esters is 2. The van der Waals surface area contributed by atoms with Gasteiger partial charge in [0.05, 0.1) is 25.6 Å². The number of carbonyl (C=O) groups excluding carboxylic acids is 2. The second-order valence-corrected chi connectivity index (χ2v) is 7.72. The average molecular weight is 363 g/mol. The van der Waals surface area contributed by atoms with Gasteiger partial charge in [-0.25, -0.2) is 0 Å². The maximum atomic E-state index is 12.7. The average Bonchev–Trinajstić information content (AvgIpc) is 2.61. The van der Waals surface area contributed by atoms with Crippen molar-refractivity contribution in [3.05, 3.63) is 35.9 Å². The van der Waals surface area contributed by atoms with Crippen LogP contribution in [0.2, 0.25) is 0 Å². The molecule has 0 bridgehead atoms. The summed E-state index contributed by atoms with van der Waals surface area (Å²) in [4.78, 5) is 25.1.